The van der Waals surface area contributed by atoms with Crippen LogP contribution in [0.4, 0.5) is 5.69 Å². The average molecular weight is 511 g/mol. The molecule has 1 aliphatic heterocycles. The van der Waals surface area contributed by atoms with Gasteiger partial charge in [-0.15, -0.1) is 0 Å². The highest BCUT2D eigenvalue weighted by Gasteiger charge is 2.18. The second kappa shape index (κ2) is 11.5. The molecule has 2 aromatic carbocycles. The Balaban J connectivity index is 1.51. The van der Waals surface area contributed by atoms with Crippen LogP contribution in [0.2, 0.25) is 0 Å². The number of nitrogens with two attached hydrogens (primary N) is 1. The first kappa shape index (κ1) is 25.6. The summed E-state index contributed by atoms with van der Waals surface area (Å²) in [4.78, 5) is 26.5. The fraction of sp³-hybridized carbons (Fsp3) is 0.310. The van der Waals surface area contributed by atoms with Gasteiger partial charge in [-0.3, -0.25) is 4.99 Å². The quantitative estimate of drug-likeness (QED) is 0.246. The van der Waals surface area contributed by atoms with Crippen LogP contribution in [-0.4, -0.2) is 82.5 Å². The molecule has 0 aliphatic carbocycles. The molecule has 5 rings (SSSR count). The Morgan fingerprint density at radius 1 is 1.05 bits per heavy atom. The Labute approximate surface area is 222 Å². The van der Waals surface area contributed by atoms with E-state index in [4.69, 9.17) is 15.8 Å². The number of aromatic amines is 1. The second-order valence-corrected chi connectivity index (χ2v) is 9.65. The zero-order valence-electron chi connectivity index (χ0n) is 21.9. The van der Waals surface area contributed by atoms with Gasteiger partial charge in [-0.1, -0.05) is 29.8 Å². The number of imidazole rings is 1. The van der Waals surface area contributed by atoms with E-state index < -0.39 is 0 Å². The van der Waals surface area contributed by atoms with Crippen molar-refractivity contribution in [2.24, 2.45) is 10.7 Å². The van der Waals surface area contributed by atoms with E-state index in [0.717, 1.165) is 48.7 Å². The fourth-order valence-electron chi connectivity index (χ4n) is 4.53. The molecular formula is C29H34N8O. The van der Waals surface area contributed by atoms with Gasteiger partial charge in [-0.2, -0.15) is 0 Å². The predicted octanol–water partition coefficient (Wildman–Crippen LogP) is 3.36. The standard InChI is InChI=1S/C29H34N8O/c1-20-4-6-21(7-5-20)25(30)24(18-31-12-3-17-38)26-27-29(33-19-32-26)35-28(34-27)22-8-10-23(11-9-22)37-15-13-36(2)14-16-37/h4-11,18-19,38H,3,12-17,30H2,1-2H3,(H,32,33,34,35). The number of aliphatic hydroxyl groups excluding tert-OH is 1. The molecule has 1 saturated heterocycles. The van der Waals surface area contributed by atoms with Crippen molar-refractivity contribution in [3.05, 3.63) is 71.7 Å². The van der Waals surface area contributed by atoms with E-state index in [9.17, 15) is 0 Å². The largest absolute Gasteiger partial charge is 0.398 e. The molecule has 4 N–H and O–H groups in total. The topological polar surface area (TPSA) is 120 Å². The van der Waals surface area contributed by atoms with E-state index in [1.165, 1.54) is 12.0 Å². The van der Waals surface area contributed by atoms with Crippen LogP contribution in [0.25, 0.3) is 33.8 Å². The molecule has 0 saturated carbocycles. The van der Waals surface area contributed by atoms with Crippen LogP contribution < -0.4 is 10.6 Å². The number of aryl methyl sites for hydroxylation is 1. The van der Waals surface area contributed by atoms with Crippen LogP contribution in [0.3, 0.4) is 0 Å². The lowest BCUT2D eigenvalue weighted by Crippen LogP contribution is -2.44. The lowest BCUT2D eigenvalue weighted by Gasteiger charge is -2.34. The van der Waals surface area contributed by atoms with Gasteiger partial charge < -0.3 is 25.6 Å². The molecule has 0 unspecified atom stereocenters. The van der Waals surface area contributed by atoms with Gasteiger partial charge in [0.05, 0.1) is 0 Å². The summed E-state index contributed by atoms with van der Waals surface area (Å²) in [6.07, 6.45) is 3.81. The Bertz CT molecular complexity index is 1430. The van der Waals surface area contributed by atoms with Gasteiger partial charge in [-0.25, -0.2) is 15.0 Å². The van der Waals surface area contributed by atoms with Gasteiger partial charge in [0.1, 0.15) is 23.4 Å². The number of fused-ring (bicyclic) bond motifs is 1. The van der Waals surface area contributed by atoms with Crippen LogP contribution in [-0.2, 0) is 0 Å². The summed E-state index contributed by atoms with van der Waals surface area (Å²) in [5, 5.41) is 9.17. The van der Waals surface area contributed by atoms with E-state index >= 15 is 0 Å². The van der Waals surface area contributed by atoms with E-state index in [2.05, 4.69) is 61.1 Å². The van der Waals surface area contributed by atoms with Crippen LogP contribution in [0.15, 0.2) is 59.9 Å². The van der Waals surface area contributed by atoms with Gasteiger partial charge in [0.25, 0.3) is 0 Å². The summed E-state index contributed by atoms with van der Waals surface area (Å²) in [6, 6.07) is 16.5. The number of benzene rings is 2. The summed E-state index contributed by atoms with van der Waals surface area (Å²) in [7, 11) is 2.16. The molecule has 1 fully saturated rings. The van der Waals surface area contributed by atoms with Gasteiger partial charge in [0.2, 0.25) is 0 Å². The van der Waals surface area contributed by atoms with Crippen molar-refractivity contribution in [2.45, 2.75) is 13.3 Å². The van der Waals surface area contributed by atoms with Crippen molar-refractivity contribution in [3.8, 4) is 11.4 Å². The van der Waals surface area contributed by atoms with Crippen molar-refractivity contribution >= 4 is 34.3 Å². The number of aliphatic hydroxyl groups is 1. The summed E-state index contributed by atoms with van der Waals surface area (Å²) in [5.41, 5.74) is 14.0. The molecule has 3 heterocycles. The number of allylic oxidation sites excluding steroid dienone is 1. The number of likely N-dealkylation sites (N-methyl/N-ethyl adjacent to an activating group) is 1. The summed E-state index contributed by atoms with van der Waals surface area (Å²) in [6.45, 7) is 6.80. The van der Waals surface area contributed by atoms with Crippen molar-refractivity contribution in [2.75, 3.05) is 51.3 Å². The second-order valence-electron chi connectivity index (χ2n) is 9.65. The number of nitrogens with zero attached hydrogens (tertiary/aromatic N) is 6. The number of hydrogen-bond acceptors (Lipinski definition) is 8. The summed E-state index contributed by atoms with van der Waals surface area (Å²) < 4.78 is 0. The third-order valence-electron chi connectivity index (χ3n) is 6.87. The Morgan fingerprint density at radius 2 is 1.79 bits per heavy atom. The third-order valence-corrected chi connectivity index (χ3v) is 6.87. The molecule has 1 aliphatic rings. The average Bonchev–Trinajstić information content (AvgIpc) is 3.39. The normalized spacial score (nSPS) is 15.4. The number of H-pyrrole nitrogens is 1. The highest BCUT2D eigenvalue weighted by Crippen LogP contribution is 2.28. The maximum Gasteiger partial charge on any atom is 0.181 e. The van der Waals surface area contributed by atoms with Crippen molar-refractivity contribution in [1.29, 1.82) is 0 Å². The smallest absolute Gasteiger partial charge is 0.181 e. The van der Waals surface area contributed by atoms with Gasteiger partial charge in [0, 0.05) is 68.1 Å². The predicted molar refractivity (Wildman–Crippen MR) is 154 cm³/mol. The lowest BCUT2D eigenvalue weighted by molar-refractivity contribution is 0.291. The van der Waals surface area contributed by atoms with Gasteiger partial charge in [-0.05, 0) is 50.2 Å². The minimum absolute atomic E-state index is 0.0824. The van der Waals surface area contributed by atoms with E-state index in [0.29, 0.717) is 41.1 Å². The number of rotatable bonds is 8. The maximum atomic E-state index is 9.17. The molecule has 0 bridgehead atoms. The number of aromatic nitrogens is 4. The Hall–Kier alpha value is -4.08. The molecular weight excluding hydrogens is 476 g/mol. The molecule has 38 heavy (non-hydrogen) atoms. The first-order valence-electron chi connectivity index (χ1n) is 13.0. The van der Waals surface area contributed by atoms with Crippen molar-refractivity contribution in [3.63, 3.8) is 0 Å². The van der Waals surface area contributed by atoms with E-state index in [1.54, 1.807) is 6.21 Å². The highest BCUT2D eigenvalue weighted by molar-refractivity contribution is 6.20. The molecule has 4 aromatic rings. The molecule has 9 nitrogen and oxygen atoms in total. The van der Waals surface area contributed by atoms with Gasteiger partial charge in [0.15, 0.2) is 5.65 Å². The highest BCUT2D eigenvalue weighted by atomic mass is 16.3. The summed E-state index contributed by atoms with van der Waals surface area (Å²) in [5.74, 6) is 0.720. The molecule has 0 radical (unpaired) electrons. The minimum Gasteiger partial charge on any atom is -0.398 e. The zero-order chi connectivity index (χ0) is 26.5. The maximum absolute atomic E-state index is 9.17. The monoisotopic (exact) mass is 510 g/mol. The number of nitrogens with one attached hydrogen (secondary N) is 1. The van der Waals surface area contributed by atoms with E-state index in [-0.39, 0.29) is 6.61 Å². The SMILES string of the molecule is Cc1ccc(C(N)=C(C=NCCCO)c2ncnc3nc(-c4ccc(N5CCN(C)CC5)cc4)[nH]c23)cc1. The third kappa shape index (κ3) is 5.58. The number of hydrogen-bond donors (Lipinski definition) is 3. The number of aliphatic imine (C=N–C) groups is 1. The molecule has 196 valence electrons. The van der Waals surface area contributed by atoms with E-state index in [1.807, 2.05) is 31.2 Å². The Morgan fingerprint density at radius 3 is 2.50 bits per heavy atom. The van der Waals surface area contributed by atoms with Crippen molar-refractivity contribution < 1.29 is 5.11 Å². The number of anilines is 1. The van der Waals surface area contributed by atoms with Crippen LogP contribution >= 0.6 is 0 Å². The van der Waals surface area contributed by atoms with Crippen LogP contribution in [0.1, 0.15) is 23.2 Å². The Kier molecular flexibility index (Phi) is 7.76. The number of piperazine rings is 1. The summed E-state index contributed by atoms with van der Waals surface area (Å²) >= 11 is 0. The molecule has 0 atom stereocenters. The van der Waals surface area contributed by atoms with Crippen LogP contribution in [0, 0.1) is 6.92 Å². The molecule has 0 amide bonds. The van der Waals surface area contributed by atoms with Gasteiger partial charge >= 0.3 is 0 Å². The lowest BCUT2D eigenvalue weighted by atomic mass is 10.0. The molecule has 2 aromatic heterocycles. The molecule has 0 spiro atoms. The molecule has 9 heteroatoms. The first-order valence-corrected chi connectivity index (χ1v) is 13.0. The minimum atomic E-state index is 0.0824. The zero-order valence-corrected chi connectivity index (χ0v) is 21.9. The fourth-order valence-corrected chi connectivity index (χ4v) is 4.53. The first-order chi connectivity index (χ1) is 18.5. The van der Waals surface area contributed by atoms with Crippen LogP contribution in [0.5, 0.6) is 0 Å². The van der Waals surface area contributed by atoms with Crippen molar-refractivity contribution in [1.82, 2.24) is 24.8 Å².